The van der Waals surface area contributed by atoms with Crippen molar-refractivity contribution in [3.8, 4) is 0 Å². The topological polar surface area (TPSA) is 136 Å². The Morgan fingerprint density at radius 1 is 1.42 bits per heavy atom. The second-order valence-electron chi connectivity index (χ2n) is 4.92. The minimum absolute atomic E-state index is 0.0249. The number of aromatic nitrogens is 2. The van der Waals surface area contributed by atoms with E-state index >= 15 is 0 Å². The number of amides is 1. The lowest BCUT2D eigenvalue weighted by atomic mass is 10.00. The van der Waals surface area contributed by atoms with Crippen molar-refractivity contribution < 1.29 is 4.79 Å². The first-order valence-corrected chi connectivity index (χ1v) is 5.87. The van der Waals surface area contributed by atoms with Gasteiger partial charge in [0.15, 0.2) is 0 Å². The van der Waals surface area contributed by atoms with Crippen LogP contribution < -0.4 is 28.0 Å². The number of carbonyl (C=O) groups excluding carboxylic acids is 1. The van der Waals surface area contributed by atoms with E-state index < -0.39 is 22.7 Å². The van der Waals surface area contributed by atoms with Crippen LogP contribution in [0, 0.1) is 0 Å². The number of anilines is 2. The van der Waals surface area contributed by atoms with Gasteiger partial charge in [0.2, 0.25) is 5.91 Å². The summed E-state index contributed by atoms with van der Waals surface area (Å²) in [6.45, 7) is 5.47. The van der Waals surface area contributed by atoms with Crippen LogP contribution in [-0.4, -0.2) is 21.0 Å². The molecular formula is C11H19N5O3. The van der Waals surface area contributed by atoms with Gasteiger partial charge in [-0.3, -0.25) is 19.1 Å². The van der Waals surface area contributed by atoms with Crippen LogP contribution in [0.2, 0.25) is 0 Å². The highest BCUT2D eigenvalue weighted by atomic mass is 16.2. The third kappa shape index (κ3) is 3.36. The van der Waals surface area contributed by atoms with Gasteiger partial charge in [-0.2, -0.15) is 0 Å². The molecule has 1 aromatic rings. The van der Waals surface area contributed by atoms with E-state index in [1.807, 2.05) is 0 Å². The highest BCUT2D eigenvalue weighted by Gasteiger charge is 2.23. The third-order valence-electron chi connectivity index (χ3n) is 2.64. The highest BCUT2D eigenvalue weighted by Crippen LogP contribution is 2.18. The van der Waals surface area contributed by atoms with Crippen molar-refractivity contribution in [2.24, 2.45) is 5.73 Å². The van der Waals surface area contributed by atoms with Crippen LogP contribution in [0.5, 0.6) is 0 Å². The minimum atomic E-state index is -0.747. The maximum Gasteiger partial charge on any atom is 0.330 e. The standard InChI is InChI=1S/C11H19N5O3/c1-4-16-8(13)7(9(18)14-10(16)19)15-11(2,3)5-6(12)17/h15H,4-5,13H2,1-3H3,(H2,12,17)(H,14,18,19). The number of nitrogens with zero attached hydrogens (tertiary/aromatic N) is 1. The van der Waals surface area contributed by atoms with Gasteiger partial charge >= 0.3 is 5.69 Å². The molecule has 0 aromatic carbocycles. The lowest BCUT2D eigenvalue weighted by Gasteiger charge is -2.26. The molecule has 0 saturated carbocycles. The number of primary amides is 1. The molecule has 0 saturated heterocycles. The molecule has 8 heteroatoms. The number of nitrogens with one attached hydrogen (secondary N) is 2. The van der Waals surface area contributed by atoms with Gasteiger partial charge in [-0.1, -0.05) is 0 Å². The Morgan fingerprint density at radius 3 is 2.47 bits per heavy atom. The van der Waals surface area contributed by atoms with Crippen molar-refractivity contribution in [3.63, 3.8) is 0 Å². The summed E-state index contributed by atoms with van der Waals surface area (Å²) in [6, 6.07) is 0. The SMILES string of the molecule is CCn1c(N)c(NC(C)(C)CC(N)=O)c(=O)[nH]c1=O. The van der Waals surface area contributed by atoms with E-state index in [1.54, 1.807) is 20.8 Å². The fraction of sp³-hybridized carbons (Fsp3) is 0.545. The summed E-state index contributed by atoms with van der Waals surface area (Å²) < 4.78 is 1.23. The van der Waals surface area contributed by atoms with Crippen molar-refractivity contribution >= 4 is 17.4 Å². The van der Waals surface area contributed by atoms with Gasteiger partial charge in [0.25, 0.3) is 5.56 Å². The molecule has 1 amide bonds. The normalized spacial score (nSPS) is 11.3. The predicted molar refractivity (Wildman–Crippen MR) is 72.9 cm³/mol. The fourth-order valence-corrected chi connectivity index (χ4v) is 1.84. The van der Waals surface area contributed by atoms with Crippen LogP contribution in [0.15, 0.2) is 9.59 Å². The summed E-state index contributed by atoms with van der Waals surface area (Å²) in [7, 11) is 0. The number of hydrogen-bond acceptors (Lipinski definition) is 5. The summed E-state index contributed by atoms with van der Waals surface area (Å²) in [5, 5.41) is 2.86. The maximum absolute atomic E-state index is 11.8. The molecule has 0 spiro atoms. The first-order chi connectivity index (χ1) is 8.68. The molecule has 6 N–H and O–H groups in total. The smallest absolute Gasteiger partial charge is 0.330 e. The second kappa shape index (κ2) is 5.17. The van der Waals surface area contributed by atoms with Gasteiger partial charge in [0.1, 0.15) is 11.5 Å². The van der Waals surface area contributed by atoms with Crippen LogP contribution in [0.4, 0.5) is 11.5 Å². The third-order valence-corrected chi connectivity index (χ3v) is 2.64. The minimum Gasteiger partial charge on any atom is -0.383 e. The Balaban J connectivity index is 3.26. The molecule has 0 aliphatic heterocycles. The van der Waals surface area contributed by atoms with E-state index in [0.29, 0.717) is 6.54 Å². The molecule has 106 valence electrons. The van der Waals surface area contributed by atoms with E-state index in [0.717, 1.165) is 0 Å². The van der Waals surface area contributed by atoms with E-state index in [2.05, 4.69) is 10.3 Å². The maximum atomic E-state index is 11.8. The largest absolute Gasteiger partial charge is 0.383 e. The Morgan fingerprint density at radius 2 is 2.00 bits per heavy atom. The Labute approximate surface area is 109 Å². The fourth-order valence-electron chi connectivity index (χ4n) is 1.84. The Bertz CT molecular complexity index is 599. The molecule has 1 rings (SSSR count). The van der Waals surface area contributed by atoms with Crippen LogP contribution in [0.3, 0.4) is 0 Å². The number of nitrogens with two attached hydrogens (primary N) is 2. The van der Waals surface area contributed by atoms with Gasteiger partial charge < -0.3 is 16.8 Å². The number of rotatable bonds is 5. The molecular weight excluding hydrogens is 250 g/mol. The van der Waals surface area contributed by atoms with Crippen molar-refractivity contribution in [2.45, 2.75) is 39.3 Å². The van der Waals surface area contributed by atoms with Gasteiger partial charge in [-0.25, -0.2) is 4.79 Å². The monoisotopic (exact) mass is 269 g/mol. The number of carbonyl (C=O) groups is 1. The van der Waals surface area contributed by atoms with Crippen LogP contribution in [0.25, 0.3) is 0 Å². The molecule has 0 radical (unpaired) electrons. The molecule has 1 heterocycles. The average Bonchev–Trinajstić information content (AvgIpc) is 2.23. The number of hydrogen-bond donors (Lipinski definition) is 4. The number of nitrogen functional groups attached to an aromatic ring is 1. The average molecular weight is 269 g/mol. The molecule has 1 aromatic heterocycles. The Hall–Kier alpha value is -2.25. The van der Waals surface area contributed by atoms with Gasteiger partial charge in [-0.05, 0) is 20.8 Å². The number of aromatic amines is 1. The summed E-state index contributed by atoms with van der Waals surface area (Å²) in [5.41, 5.74) is 9.06. The first-order valence-electron chi connectivity index (χ1n) is 5.87. The van der Waals surface area contributed by atoms with E-state index in [9.17, 15) is 14.4 Å². The van der Waals surface area contributed by atoms with Crippen LogP contribution >= 0.6 is 0 Å². The molecule has 0 bridgehead atoms. The molecule has 0 fully saturated rings. The van der Waals surface area contributed by atoms with E-state index in [-0.39, 0.29) is 17.9 Å². The summed E-state index contributed by atoms with van der Waals surface area (Å²) in [4.78, 5) is 36.4. The molecule has 19 heavy (non-hydrogen) atoms. The van der Waals surface area contributed by atoms with Gasteiger partial charge in [-0.15, -0.1) is 0 Å². The molecule has 0 aliphatic carbocycles. The zero-order chi connectivity index (χ0) is 14.8. The number of H-pyrrole nitrogens is 1. The quantitative estimate of drug-likeness (QED) is 0.555. The molecule has 0 aliphatic rings. The van der Waals surface area contributed by atoms with Crippen molar-refractivity contribution in [3.05, 3.63) is 20.8 Å². The first kappa shape index (κ1) is 14.8. The lowest BCUT2D eigenvalue weighted by molar-refractivity contribution is -0.118. The summed E-state index contributed by atoms with van der Waals surface area (Å²) >= 11 is 0. The van der Waals surface area contributed by atoms with Crippen LogP contribution in [-0.2, 0) is 11.3 Å². The molecule has 8 nitrogen and oxygen atoms in total. The highest BCUT2D eigenvalue weighted by molar-refractivity contribution is 5.76. The van der Waals surface area contributed by atoms with E-state index in [1.165, 1.54) is 4.57 Å². The second-order valence-corrected chi connectivity index (χ2v) is 4.92. The van der Waals surface area contributed by atoms with Crippen molar-refractivity contribution in [2.75, 3.05) is 11.1 Å². The molecule has 0 unspecified atom stereocenters. The summed E-state index contributed by atoms with van der Waals surface area (Å²) in [6.07, 6.45) is 0.0249. The predicted octanol–water partition coefficient (Wildman–Crippen LogP) is -0.795. The zero-order valence-corrected chi connectivity index (χ0v) is 11.2. The van der Waals surface area contributed by atoms with E-state index in [4.69, 9.17) is 11.5 Å². The molecule has 0 atom stereocenters. The summed E-state index contributed by atoms with van der Waals surface area (Å²) in [5.74, 6) is -0.467. The van der Waals surface area contributed by atoms with Crippen LogP contribution in [0.1, 0.15) is 27.2 Å². The zero-order valence-electron chi connectivity index (χ0n) is 11.2. The lowest BCUT2D eigenvalue weighted by Crippen LogP contribution is -2.41. The van der Waals surface area contributed by atoms with Crippen molar-refractivity contribution in [1.29, 1.82) is 0 Å². The van der Waals surface area contributed by atoms with Gasteiger partial charge in [0, 0.05) is 18.5 Å². The van der Waals surface area contributed by atoms with Crippen molar-refractivity contribution in [1.82, 2.24) is 9.55 Å². The Kier molecular flexibility index (Phi) is 4.03. The van der Waals surface area contributed by atoms with Gasteiger partial charge in [0.05, 0.1) is 0 Å².